The molecule has 2 nitrogen and oxygen atoms in total. The lowest BCUT2D eigenvalue weighted by Gasteiger charge is -2.22. The maximum Gasteiger partial charge on any atom is 0.166 e. The van der Waals surface area contributed by atoms with Crippen molar-refractivity contribution in [3.63, 3.8) is 0 Å². The van der Waals surface area contributed by atoms with Crippen molar-refractivity contribution in [3.8, 4) is 0 Å². The predicted molar refractivity (Wildman–Crippen MR) is 94.7 cm³/mol. The molecule has 116 valence electrons. The van der Waals surface area contributed by atoms with E-state index in [1.165, 1.54) is 36.8 Å². The Bertz CT molecular complexity index is 467. The fourth-order valence-electron chi connectivity index (χ4n) is 2.85. The maximum absolute atomic E-state index is 5.43. The molecule has 3 heteroatoms. The summed E-state index contributed by atoms with van der Waals surface area (Å²) in [5, 5.41) is 7.62. The van der Waals surface area contributed by atoms with E-state index >= 15 is 0 Å². The zero-order chi connectivity index (χ0) is 15.5. The number of hydrogen-bond acceptors (Lipinski definition) is 1. The Morgan fingerprint density at radius 1 is 1.14 bits per heavy atom. The molecule has 0 amide bonds. The molecule has 0 aromatic heterocycles. The van der Waals surface area contributed by atoms with Gasteiger partial charge in [-0.3, -0.25) is 0 Å². The van der Waals surface area contributed by atoms with Crippen LogP contribution in [-0.4, -0.2) is 11.2 Å². The summed E-state index contributed by atoms with van der Waals surface area (Å²) in [4.78, 5) is 0. The average molecular weight is 305 g/mol. The van der Waals surface area contributed by atoms with E-state index in [1.54, 1.807) is 0 Å². The lowest BCUT2D eigenvalue weighted by Crippen LogP contribution is -2.41. The molecule has 1 aromatic carbocycles. The SMILES string of the molecule is CC(NC(=S)NC1CCCC1)c1ccc(C(C)(C)C)cc1. The third-order valence-corrected chi connectivity index (χ3v) is 4.55. The maximum atomic E-state index is 5.43. The van der Waals surface area contributed by atoms with Crippen molar-refractivity contribution in [3.05, 3.63) is 35.4 Å². The van der Waals surface area contributed by atoms with Crippen LogP contribution < -0.4 is 10.6 Å². The molecule has 0 saturated heterocycles. The highest BCUT2D eigenvalue weighted by molar-refractivity contribution is 7.80. The zero-order valence-corrected chi connectivity index (χ0v) is 14.5. The largest absolute Gasteiger partial charge is 0.360 e. The summed E-state index contributed by atoms with van der Waals surface area (Å²) in [7, 11) is 0. The number of hydrogen-bond donors (Lipinski definition) is 2. The van der Waals surface area contributed by atoms with Crippen LogP contribution in [0.3, 0.4) is 0 Å². The number of benzene rings is 1. The van der Waals surface area contributed by atoms with Crippen LogP contribution >= 0.6 is 12.2 Å². The molecule has 0 bridgehead atoms. The minimum atomic E-state index is 0.203. The molecule has 1 fully saturated rings. The lowest BCUT2D eigenvalue weighted by molar-refractivity contribution is 0.588. The minimum Gasteiger partial charge on any atom is -0.360 e. The standard InChI is InChI=1S/C18H28N2S/c1-13(19-17(21)20-16-7-5-6-8-16)14-9-11-15(12-10-14)18(2,3)4/h9-13,16H,5-8H2,1-4H3,(H2,19,20,21). The first-order valence-electron chi connectivity index (χ1n) is 8.04. The van der Waals surface area contributed by atoms with Crippen molar-refractivity contribution < 1.29 is 0 Å². The average Bonchev–Trinajstić information content (AvgIpc) is 2.90. The van der Waals surface area contributed by atoms with Gasteiger partial charge in [0.1, 0.15) is 0 Å². The van der Waals surface area contributed by atoms with E-state index in [4.69, 9.17) is 12.2 Å². The second-order valence-electron chi connectivity index (χ2n) is 7.19. The summed E-state index contributed by atoms with van der Waals surface area (Å²) >= 11 is 5.43. The van der Waals surface area contributed by atoms with Gasteiger partial charge in [-0.25, -0.2) is 0 Å². The van der Waals surface area contributed by atoms with E-state index in [-0.39, 0.29) is 11.5 Å². The topological polar surface area (TPSA) is 24.1 Å². The second-order valence-corrected chi connectivity index (χ2v) is 7.60. The van der Waals surface area contributed by atoms with Gasteiger partial charge in [-0.05, 0) is 48.5 Å². The Kier molecular flexibility index (Phi) is 5.26. The van der Waals surface area contributed by atoms with Gasteiger partial charge in [0.2, 0.25) is 0 Å². The molecule has 0 aliphatic heterocycles. The first kappa shape index (κ1) is 16.3. The van der Waals surface area contributed by atoms with E-state index < -0.39 is 0 Å². The van der Waals surface area contributed by atoms with Crippen LogP contribution in [0.2, 0.25) is 0 Å². The van der Waals surface area contributed by atoms with Gasteiger partial charge >= 0.3 is 0 Å². The van der Waals surface area contributed by atoms with E-state index in [0.717, 1.165) is 5.11 Å². The fraction of sp³-hybridized carbons (Fsp3) is 0.611. The van der Waals surface area contributed by atoms with Gasteiger partial charge in [0, 0.05) is 6.04 Å². The van der Waals surface area contributed by atoms with Crippen molar-refractivity contribution in [2.45, 2.75) is 70.9 Å². The summed E-state index contributed by atoms with van der Waals surface area (Å²) in [6, 6.07) is 9.66. The van der Waals surface area contributed by atoms with Gasteiger partial charge in [-0.1, -0.05) is 57.9 Å². The number of thiocarbonyl (C=S) groups is 1. The quantitative estimate of drug-likeness (QED) is 0.807. The van der Waals surface area contributed by atoms with Gasteiger partial charge in [0.15, 0.2) is 5.11 Å². The van der Waals surface area contributed by atoms with Crippen LogP contribution in [0.4, 0.5) is 0 Å². The third kappa shape index (κ3) is 4.70. The van der Waals surface area contributed by atoms with Crippen LogP contribution in [0.25, 0.3) is 0 Å². The van der Waals surface area contributed by atoms with Gasteiger partial charge in [0.05, 0.1) is 6.04 Å². The van der Waals surface area contributed by atoms with Crippen LogP contribution in [0.1, 0.15) is 70.5 Å². The first-order chi connectivity index (χ1) is 9.86. The van der Waals surface area contributed by atoms with E-state index in [1.807, 2.05) is 0 Å². The van der Waals surface area contributed by atoms with Crippen molar-refractivity contribution in [2.24, 2.45) is 0 Å². The molecule has 1 saturated carbocycles. The van der Waals surface area contributed by atoms with Gasteiger partial charge in [0.25, 0.3) is 0 Å². The van der Waals surface area contributed by atoms with Crippen LogP contribution in [0, 0.1) is 0 Å². The Labute approximate surface area is 134 Å². The molecule has 21 heavy (non-hydrogen) atoms. The Morgan fingerprint density at radius 3 is 2.24 bits per heavy atom. The highest BCUT2D eigenvalue weighted by atomic mass is 32.1. The lowest BCUT2D eigenvalue weighted by atomic mass is 9.86. The van der Waals surface area contributed by atoms with Crippen LogP contribution in [0.5, 0.6) is 0 Å². The molecule has 0 heterocycles. The van der Waals surface area contributed by atoms with Crippen molar-refractivity contribution in [2.75, 3.05) is 0 Å². The highest BCUT2D eigenvalue weighted by Crippen LogP contribution is 2.24. The summed E-state index contributed by atoms with van der Waals surface area (Å²) in [5.41, 5.74) is 2.85. The first-order valence-corrected chi connectivity index (χ1v) is 8.44. The van der Waals surface area contributed by atoms with Crippen LogP contribution in [-0.2, 0) is 5.41 Å². The smallest absolute Gasteiger partial charge is 0.166 e. The minimum absolute atomic E-state index is 0.203. The molecule has 1 aliphatic carbocycles. The third-order valence-electron chi connectivity index (χ3n) is 4.31. The molecule has 1 atom stereocenters. The summed E-state index contributed by atoms with van der Waals surface area (Å²) < 4.78 is 0. The molecule has 2 N–H and O–H groups in total. The normalized spacial score (nSPS) is 17.5. The molecule has 1 aliphatic rings. The molecule has 1 aromatic rings. The van der Waals surface area contributed by atoms with Crippen molar-refractivity contribution in [1.29, 1.82) is 0 Å². The molecule has 0 spiro atoms. The molecule has 1 unspecified atom stereocenters. The number of rotatable bonds is 3. The predicted octanol–water partition coefficient (Wildman–Crippen LogP) is 4.45. The monoisotopic (exact) mass is 304 g/mol. The molecule has 2 rings (SSSR count). The van der Waals surface area contributed by atoms with E-state index in [2.05, 4.69) is 62.6 Å². The summed E-state index contributed by atoms with van der Waals surface area (Å²) in [5.74, 6) is 0. The van der Waals surface area contributed by atoms with Crippen molar-refractivity contribution >= 4 is 17.3 Å². The molecular weight excluding hydrogens is 276 g/mol. The summed E-state index contributed by atoms with van der Waals surface area (Å²) in [6.07, 6.45) is 5.14. The van der Waals surface area contributed by atoms with Crippen molar-refractivity contribution in [1.82, 2.24) is 10.6 Å². The summed E-state index contributed by atoms with van der Waals surface area (Å²) in [6.45, 7) is 8.88. The van der Waals surface area contributed by atoms with E-state index in [9.17, 15) is 0 Å². The highest BCUT2D eigenvalue weighted by Gasteiger charge is 2.17. The van der Waals surface area contributed by atoms with Gasteiger partial charge < -0.3 is 10.6 Å². The van der Waals surface area contributed by atoms with Crippen LogP contribution in [0.15, 0.2) is 24.3 Å². The Hall–Kier alpha value is -1.09. The molecule has 0 radical (unpaired) electrons. The second kappa shape index (κ2) is 6.78. The number of nitrogens with one attached hydrogen (secondary N) is 2. The zero-order valence-electron chi connectivity index (χ0n) is 13.7. The Morgan fingerprint density at radius 2 is 1.71 bits per heavy atom. The molecular formula is C18H28N2S. The van der Waals surface area contributed by atoms with Gasteiger partial charge in [-0.2, -0.15) is 0 Å². The fourth-order valence-corrected chi connectivity index (χ4v) is 3.19. The van der Waals surface area contributed by atoms with Gasteiger partial charge in [-0.15, -0.1) is 0 Å². The Balaban J connectivity index is 1.90. The van der Waals surface area contributed by atoms with E-state index in [0.29, 0.717) is 6.04 Å².